The Hall–Kier alpha value is -1.50. The van der Waals surface area contributed by atoms with Gasteiger partial charge in [-0.2, -0.15) is 0 Å². The van der Waals surface area contributed by atoms with E-state index in [0.717, 1.165) is 6.07 Å². The Morgan fingerprint density at radius 3 is 2.63 bits per heavy atom. The van der Waals surface area contributed by atoms with Gasteiger partial charge in [0.25, 0.3) is 0 Å². The summed E-state index contributed by atoms with van der Waals surface area (Å²) in [5.74, 6) is -2.53. The summed E-state index contributed by atoms with van der Waals surface area (Å²) in [7, 11) is 0. The quantitative estimate of drug-likeness (QED) is 0.613. The zero-order valence-electron chi connectivity index (χ0n) is 10.0. The number of benzene rings is 1. The molecule has 0 heterocycles. The van der Waals surface area contributed by atoms with E-state index >= 15 is 0 Å². The van der Waals surface area contributed by atoms with Crippen LogP contribution in [-0.4, -0.2) is 18.4 Å². The summed E-state index contributed by atoms with van der Waals surface area (Å²) in [5, 5.41) is 2.47. The first-order valence-corrected chi connectivity index (χ1v) is 6.38. The van der Waals surface area contributed by atoms with E-state index in [4.69, 9.17) is 5.73 Å². The third-order valence-corrected chi connectivity index (χ3v) is 3.01. The number of carbonyl (C=O) groups is 2. The predicted molar refractivity (Wildman–Crippen MR) is 69.2 cm³/mol. The van der Waals surface area contributed by atoms with E-state index in [1.54, 1.807) is 0 Å². The lowest BCUT2D eigenvalue weighted by Crippen LogP contribution is -2.27. The number of nitrogens with one attached hydrogen (secondary N) is 1. The summed E-state index contributed by atoms with van der Waals surface area (Å²) in [5.41, 5.74) is 4.64. The molecule has 19 heavy (non-hydrogen) atoms. The fourth-order valence-corrected chi connectivity index (χ4v) is 1.82. The van der Waals surface area contributed by atoms with E-state index in [1.807, 2.05) is 0 Å². The molecule has 0 aromatic heterocycles. The van der Waals surface area contributed by atoms with Crippen molar-refractivity contribution in [1.29, 1.82) is 0 Å². The highest BCUT2D eigenvalue weighted by Gasteiger charge is 2.15. The van der Waals surface area contributed by atoms with Gasteiger partial charge in [-0.1, -0.05) is 0 Å². The number of primary amides is 1. The molecule has 0 fully saturated rings. The number of carbonyl (C=O) groups excluding carboxylic acids is 2. The molecule has 0 spiro atoms. The lowest BCUT2D eigenvalue weighted by atomic mass is 10.1. The number of halogens is 3. The molecule has 0 unspecified atom stereocenters. The second-order valence-corrected chi connectivity index (χ2v) is 4.77. The van der Waals surface area contributed by atoms with Gasteiger partial charge in [0.05, 0.1) is 10.9 Å². The van der Waals surface area contributed by atoms with E-state index in [0.29, 0.717) is 6.42 Å². The van der Waals surface area contributed by atoms with Crippen molar-refractivity contribution in [1.82, 2.24) is 5.32 Å². The van der Waals surface area contributed by atoms with E-state index in [2.05, 4.69) is 21.2 Å². The van der Waals surface area contributed by atoms with E-state index in [-0.39, 0.29) is 23.0 Å². The normalized spacial score (nSPS) is 10.3. The lowest BCUT2D eigenvalue weighted by molar-refractivity contribution is -0.121. The van der Waals surface area contributed by atoms with Crippen LogP contribution in [0.25, 0.3) is 0 Å². The highest BCUT2D eigenvalue weighted by Crippen LogP contribution is 2.21. The minimum absolute atomic E-state index is 0.102. The van der Waals surface area contributed by atoms with Gasteiger partial charge in [0.15, 0.2) is 0 Å². The van der Waals surface area contributed by atoms with Crippen molar-refractivity contribution >= 4 is 27.7 Å². The van der Waals surface area contributed by atoms with E-state index in [1.165, 1.54) is 6.07 Å². The van der Waals surface area contributed by atoms with Crippen LogP contribution in [0.15, 0.2) is 16.6 Å². The average molecular weight is 335 g/mol. The van der Waals surface area contributed by atoms with Crippen molar-refractivity contribution in [3.8, 4) is 0 Å². The molecule has 3 N–H and O–H groups in total. The smallest absolute Gasteiger partial charge is 0.224 e. The minimum atomic E-state index is -0.785. The first-order valence-electron chi connectivity index (χ1n) is 5.59. The van der Waals surface area contributed by atoms with Crippen LogP contribution in [-0.2, 0) is 16.0 Å². The van der Waals surface area contributed by atoms with Gasteiger partial charge in [0.2, 0.25) is 11.8 Å². The van der Waals surface area contributed by atoms with Gasteiger partial charge in [-0.15, -0.1) is 0 Å². The maximum Gasteiger partial charge on any atom is 0.224 e. The van der Waals surface area contributed by atoms with Crippen molar-refractivity contribution in [3.63, 3.8) is 0 Å². The Labute approximate surface area is 117 Å². The number of amides is 2. The Morgan fingerprint density at radius 1 is 1.32 bits per heavy atom. The van der Waals surface area contributed by atoms with E-state index < -0.39 is 29.9 Å². The molecule has 0 saturated heterocycles. The molecule has 0 aliphatic carbocycles. The van der Waals surface area contributed by atoms with Gasteiger partial charge >= 0.3 is 0 Å². The fraction of sp³-hybridized carbons (Fsp3) is 0.333. The number of hydrogen-bond acceptors (Lipinski definition) is 2. The van der Waals surface area contributed by atoms with Gasteiger partial charge in [-0.3, -0.25) is 9.59 Å². The third-order valence-electron chi connectivity index (χ3n) is 2.40. The molecule has 0 aliphatic heterocycles. The molecule has 0 saturated carbocycles. The average Bonchev–Trinajstić information content (AvgIpc) is 2.35. The van der Waals surface area contributed by atoms with Gasteiger partial charge < -0.3 is 11.1 Å². The molecule has 1 aromatic carbocycles. The van der Waals surface area contributed by atoms with Gasteiger partial charge in [-0.05, 0) is 34.5 Å². The molecule has 2 amide bonds. The fourth-order valence-electron chi connectivity index (χ4n) is 1.44. The third kappa shape index (κ3) is 4.94. The summed E-state index contributed by atoms with van der Waals surface area (Å²) in [6.45, 7) is 0.235. The highest BCUT2D eigenvalue weighted by atomic mass is 79.9. The summed E-state index contributed by atoms with van der Waals surface area (Å²) < 4.78 is 27.1. The number of hydrogen-bond donors (Lipinski definition) is 2. The molecule has 4 nitrogen and oxygen atoms in total. The largest absolute Gasteiger partial charge is 0.370 e. The summed E-state index contributed by atoms with van der Waals surface area (Å²) in [6, 6.07) is 2.32. The van der Waals surface area contributed by atoms with Crippen LogP contribution < -0.4 is 11.1 Å². The Morgan fingerprint density at radius 2 is 2.00 bits per heavy atom. The van der Waals surface area contributed by atoms with Crippen molar-refractivity contribution in [3.05, 3.63) is 33.8 Å². The Kier molecular flexibility index (Phi) is 5.88. The Bertz CT molecular complexity index is 495. The predicted octanol–water partition coefficient (Wildman–Crippen LogP) is 1.65. The van der Waals surface area contributed by atoms with Crippen LogP contribution in [0.5, 0.6) is 0 Å². The van der Waals surface area contributed by atoms with Crippen molar-refractivity contribution in [2.24, 2.45) is 5.73 Å². The molecule has 1 rings (SSSR count). The molecular weight excluding hydrogens is 322 g/mol. The van der Waals surface area contributed by atoms with Crippen LogP contribution in [0.4, 0.5) is 8.78 Å². The first kappa shape index (κ1) is 15.6. The van der Waals surface area contributed by atoms with Crippen LogP contribution in [0, 0.1) is 11.6 Å². The maximum absolute atomic E-state index is 13.6. The van der Waals surface area contributed by atoms with Gasteiger partial charge in [0, 0.05) is 18.5 Å². The SMILES string of the molecule is NC(=O)CCCNC(=O)Cc1c(F)ccc(Br)c1F. The molecule has 0 atom stereocenters. The maximum atomic E-state index is 13.6. The van der Waals surface area contributed by atoms with Gasteiger partial charge in [0.1, 0.15) is 11.6 Å². The van der Waals surface area contributed by atoms with Crippen LogP contribution in [0.2, 0.25) is 0 Å². The summed E-state index contributed by atoms with van der Waals surface area (Å²) >= 11 is 2.93. The number of nitrogens with two attached hydrogens (primary N) is 1. The van der Waals surface area contributed by atoms with Crippen molar-refractivity contribution in [2.45, 2.75) is 19.3 Å². The second-order valence-electron chi connectivity index (χ2n) is 3.92. The molecular formula is C12H13BrF2N2O2. The monoisotopic (exact) mass is 334 g/mol. The molecule has 0 radical (unpaired) electrons. The van der Waals surface area contributed by atoms with Crippen molar-refractivity contribution in [2.75, 3.05) is 6.54 Å². The Balaban J connectivity index is 2.53. The molecule has 0 bridgehead atoms. The minimum Gasteiger partial charge on any atom is -0.370 e. The van der Waals surface area contributed by atoms with E-state index in [9.17, 15) is 18.4 Å². The lowest BCUT2D eigenvalue weighted by Gasteiger charge is -2.07. The van der Waals surface area contributed by atoms with Gasteiger partial charge in [-0.25, -0.2) is 8.78 Å². The standard InChI is InChI=1S/C12H13BrF2N2O2/c13-8-3-4-9(14)7(12(8)15)6-11(19)17-5-1-2-10(16)18/h3-4H,1-2,5-6H2,(H2,16,18)(H,17,19). The highest BCUT2D eigenvalue weighted by molar-refractivity contribution is 9.10. The first-order chi connectivity index (χ1) is 8.91. The van der Waals surface area contributed by atoms with Crippen molar-refractivity contribution < 1.29 is 18.4 Å². The van der Waals surface area contributed by atoms with Crippen LogP contribution >= 0.6 is 15.9 Å². The molecule has 0 aliphatic rings. The second kappa shape index (κ2) is 7.18. The molecule has 104 valence electrons. The number of rotatable bonds is 6. The van der Waals surface area contributed by atoms with Crippen LogP contribution in [0.1, 0.15) is 18.4 Å². The van der Waals surface area contributed by atoms with Crippen LogP contribution in [0.3, 0.4) is 0 Å². The molecule has 7 heteroatoms. The zero-order valence-corrected chi connectivity index (χ0v) is 11.6. The zero-order chi connectivity index (χ0) is 14.4. The molecule has 1 aromatic rings. The summed E-state index contributed by atoms with van der Waals surface area (Å²) in [6.07, 6.45) is 0.151. The summed E-state index contributed by atoms with van der Waals surface area (Å²) in [4.78, 5) is 22.0. The topological polar surface area (TPSA) is 72.2 Å².